The lowest BCUT2D eigenvalue weighted by molar-refractivity contribution is 0.863. The molecule has 0 heterocycles. The molecule has 0 aromatic heterocycles. The number of hydrogen-bond acceptors (Lipinski definition) is 0. The van der Waals surface area contributed by atoms with Crippen molar-refractivity contribution in [2.24, 2.45) is 0 Å². The standard InChI is InChI=1S/C9H15Si/c1-9(2)7-5-3-4-6-8-10/h6-8H,3-5H2,1-2H3. The van der Waals surface area contributed by atoms with E-state index in [-0.39, 0.29) is 0 Å². The van der Waals surface area contributed by atoms with Crippen LogP contribution >= 0.6 is 0 Å². The zero-order valence-electron chi connectivity index (χ0n) is 6.85. The van der Waals surface area contributed by atoms with Gasteiger partial charge in [-0.05, 0) is 33.1 Å². The molecule has 0 aliphatic heterocycles. The third kappa shape index (κ3) is 7.70. The Morgan fingerprint density at radius 2 is 2.00 bits per heavy atom. The van der Waals surface area contributed by atoms with E-state index in [1.54, 1.807) is 0 Å². The van der Waals surface area contributed by atoms with Gasteiger partial charge in [0.1, 0.15) is 0 Å². The number of allylic oxidation sites excluding steroid dienone is 3. The summed E-state index contributed by atoms with van der Waals surface area (Å²) in [5.41, 5.74) is 3.34. The van der Waals surface area contributed by atoms with Crippen LogP contribution in [-0.4, -0.2) is 10.2 Å². The fourth-order valence-electron chi connectivity index (χ4n) is 0.710. The Kier molecular flexibility index (Phi) is 6.61. The fraction of sp³-hybridized carbons (Fsp3) is 0.556. The Balaban J connectivity index is 3.13. The largest absolute Gasteiger partial charge is 0.106 e. The first-order valence-electron chi connectivity index (χ1n) is 3.73. The molecule has 0 atom stereocenters. The van der Waals surface area contributed by atoms with Gasteiger partial charge in [0.05, 0.1) is 10.2 Å². The topological polar surface area (TPSA) is 0 Å². The van der Waals surface area contributed by atoms with Crippen LogP contribution in [0.15, 0.2) is 23.4 Å². The van der Waals surface area contributed by atoms with Crippen LogP contribution in [0.2, 0.25) is 0 Å². The Morgan fingerprint density at radius 3 is 2.50 bits per heavy atom. The van der Waals surface area contributed by atoms with Gasteiger partial charge in [0.25, 0.3) is 0 Å². The summed E-state index contributed by atoms with van der Waals surface area (Å²) in [5, 5.41) is 0. The number of unbranched alkanes of at least 4 members (excludes halogenated alkanes) is 2. The Hall–Kier alpha value is -0.303. The monoisotopic (exact) mass is 151 g/mol. The Labute approximate surface area is 67.5 Å². The van der Waals surface area contributed by atoms with Gasteiger partial charge in [-0.3, -0.25) is 0 Å². The molecule has 0 aromatic rings. The maximum atomic E-state index is 3.28. The van der Waals surface area contributed by atoms with Crippen LogP contribution in [0.25, 0.3) is 0 Å². The maximum absolute atomic E-state index is 3.28. The minimum Gasteiger partial charge on any atom is -0.106 e. The quantitative estimate of drug-likeness (QED) is 0.329. The van der Waals surface area contributed by atoms with E-state index in [1.165, 1.54) is 24.8 Å². The van der Waals surface area contributed by atoms with Gasteiger partial charge in [0.15, 0.2) is 0 Å². The second-order valence-corrected chi connectivity index (χ2v) is 2.95. The summed E-state index contributed by atoms with van der Waals surface area (Å²) >= 11 is 0. The minimum atomic E-state index is 1.17. The first kappa shape index (κ1) is 9.70. The zero-order valence-corrected chi connectivity index (χ0v) is 7.85. The molecule has 0 nitrogen and oxygen atoms in total. The molecule has 0 spiro atoms. The van der Waals surface area contributed by atoms with Crippen molar-refractivity contribution in [2.75, 3.05) is 0 Å². The van der Waals surface area contributed by atoms with Crippen molar-refractivity contribution >= 4 is 10.2 Å². The molecular formula is C9H15Si. The lowest BCUT2D eigenvalue weighted by atomic mass is 10.2. The molecule has 0 aliphatic rings. The molecule has 0 saturated carbocycles. The average molecular weight is 151 g/mol. The molecule has 0 unspecified atom stereocenters. The molecule has 0 aliphatic carbocycles. The summed E-state index contributed by atoms with van der Waals surface area (Å²) in [6, 6.07) is 0. The van der Waals surface area contributed by atoms with Crippen molar-refractivity contribution in [1.82, 2.24) is 0 Å². The van der Waals surface area contributed by atoms with Gasteiger partial charge in [-0.15, -0.1) is 5.70 Å². The van der Waals surface area contributed by atoms with Gasteiger partial charge in [0.2, 0.25) is 0 Å². The summed E-state index contributed by atoms with van der Waals surface area (Å²) in [4.78, 5) is 0. The van der Waals surface area contributed by atoms with Gasteiger partial charge in [-0.2, -0.15) is 0 Å². The van der Waals surface area contributed by atoms with E-state index in [4.69, 9.17) is 0 Å². The zero-order chi connectivity index (χ0) is 7.82. The van der Waals surface area contributed by atoms with E-state index in [1.807, 2.05) is 5.70 Å². The molecule has 55 valence electrons. The third-order valence-electron chi connectivity index (χ3n) is 1.25. The van der Waals surface area contributed by atoms with Crippen LogP contribution in [0, 0.1) is 0 Å². The SMILES string of the molecule is CC(C)=CCCCC=C[Si]. The lowest BCUT2D eigenvalue weighted by Gasteiger charge is -1.90. The van der Waals surface area contributed by atoms with Gasteiger partial charge in [-0.25, -0.2) is 0 Å². The first-order valence-corrected chi connectivity index (χ1v) is 4.30. The first-order chi connectivity index (χ1) is 4.77. The Morgan fingerprint density at radius 1 is 1.30 bits per heavy atom. The normalized spacial score (nSPS) is 10.3. The molecule has 0 rings (SSSR count). The maximum Gasteiger partial charge on any atom is 0.0596 e. The molecule has 3 radical (unpaired) electrons. The van der Waals surface area contributed by atoms with Gasteiger partial charge < -0.3 is 0 Å². The highest BCUT2D eigenvalue weighted by atomic mass is 28.1. The predicted molar refractivity (Wildman–Crippen MR) is 48.2 cm³/mol. The highest BCUT2D eigenvalue weighted by molar-refractivity contribution is 6.16. The second-order valence-electron chi connectivity index (χ2n) is 2.61. The lowest BCUT2D eigenvalue weighted by Crippen LogP contribution is -1.70. The summed E-state index contributed by atoms with van der Waals surface area (Å²) in [6.07, 6.45) is 8.05. The van der Waals surface area contributed by atoms with Crippen LogP contribution < -0.4 is 0 Å². The van der Waals surface area contributed by atoms with Crippen molar-refractivity contribution < 1.29 is 0 Å². The summed E-state index contributed by atoms with van der Waals surface area (Å²) < 4.78 is 0. The Bertz CT molecular complexity index is 119. The van der Waals surface area contributed by atoms with Crippen LogP contribution in [-0.2, 0) is 0 Å². The third-order valence-corrected chi connectivity index (χ3v) is 1.48. The minimum absolute atomic E-state index is 1.17. The highest BCUT2D eigenvalue weighted by Gasteiger charge is 1.80. The van der Waals surface area contributed by atoms with Gasteiger partial charge in [0, 0.05) is 0 Å². The predicted octanol–water partition coefficient (Wildman–Crippen LogP) is 2.81. The molecule has 0 aromatic carbocycles. The van der Waals surface area contributed by atoms with Crippen molar-refractivity contribution in [1.29, 1.82) is 0 Å². The highest BCUT2D eigenvalue weighted by Crippen LogP contribution is 2.00. The molecule has 0 amide bonds. The number of rotatable bonds is 4. The van der Waals surface area contributed by atoms with Crippen molar-refractivity contribution in [3.05, 3.63) is 23.4 Å². The average Bonchev–Trinajstić information content (AvgIpc) is 1.87. The molecule has 0 saturated heterocycles. The molecule has 0 bridgehead atoms. The second kappa shape index (κ2) is 6.81. The van der Waals surface area contributed by atoms with E-state index in [0.29, 0.717) is 0 Å². The van der Waals surface area contributed by atoms with E-state index in [0.717, 1.165) is 0 Å². The summed E-state index contributed by atoms with van der Waals surface area (Å²) in [5.74, 6) is 0. The summed E-state index contributed by atoms with van der Waals surface area (Å²) in [6.45, 7) is 4.28. The van der Waals surface area contributed by atoms with E-state index < -0.39 is 0 Å². The van der Waals surface area contributed by atoms with Gasteiger partial charge >= 0.3 is 0 Å². The van der Waals surface area contributed by atoms with Gasteiger partial charge in [-0.1, -0.05) is 17.7 Å². The van der Waals surface area contributed by atoms with Crippen molar-refractivity contribution in [2.45, 2.75) is 33.1 Å². The van der Waals surface area contributed by atoms with E-state index in [9.17, 15) is 0 Å². The van der Waals surface area contributed by atoms with Crippen LogP contribution in [0.5, 0.6) is 0 Å². The van der Waals surface area contributed by atoms with E-state index in [2.05, 4.69) is 36.2 Å². The molecule has 0 fully saturated rings. The van der Waals surface area contributed by atoms with Crippen molar-refractivity contribution in [3.8, 4) is 0 Å². The van der Waals surface area contributed by atoms with Crippen LogP contribution in [0.1, 0.15) is 33.1 Å². The van der Waals surface area contributed by atoms with Crippen LogP contribution in [0.4, 0.5) is 0 Å². The molecule has 10 heavy (non-hydrogen) atoms. The smallest absolute Gasteiger partial charge is 0.0596 e. The molecular weight excluding hydrogens is 136 g/mol. The molecule has 0 N–H and O–H groups in total. The van der Waals surface area contributed by atoms with Crippen molar-refractivity contribution in [3.63, 3.8) is 0 Å². The number of hydrogen-bond donors (Lipinski definition) is 0. The fourth-order valence-corrected chi connectivity index (χ4v) is 0.876. The molecule has 1 heteroatoms. The van der Waals surface area contributed by atoms with E-state index >= 15 is 0 Å². The van der Waals surface area contributed by atoms with Crippen LogP contribution in [0.3, 0.4) is 0 Å². The summed E-state index contributed by atoms with van der Waals surface area (Å²) in [7, 11) is 3.28.